The zero-order valence-corrected chi connectivity index (χ0v) is 12.4. The lowest BCUT2D eigenvalue weighted by atomic mass is 9.97. The van der Waals surface area contributed by atoms with Crippen LogP contribution in [0.3, 0.4) is 0 Å². The molecule has 0 aliphatic rings. The lowest BCUT2D eigenvalue weighted by molar-refractivity contribution is 0.457. The number of benzene rings is 2. The van der Waals surface area contributed by atoms with Crippen molar-refractivity contribution in [2.24, 2.45) is 0 Å². The van der Waals surface area contributed by atoms with Gasteiger partial charge in [0.1, 0.15) is 5.82 Å². The van der Waals surface area contributed by atoms with Gasteiger partial charge in [-0.25, -0.2) is 4.39 Å². The maximum atomic E-state index is 13.4. The minimum absolute atomic E-state index is 0.229. The highest BCUT2D eigenvalue weighted by Crippen LogP contribution is 2.25. The molecule has 0 aliphatic heterocycles. The summed E-state index contributed by atoms with van der Waals surface area (Å²) in [5.74, 6) is -0.229. The van der Waals surface area contributed by atoms with E-state index in [-0.39, 0.29) is 5.82 Å². The van der Waals surface area contributed by atoms with Crippen LogP contribution in [0.2, 0.25) is 5.02 Å². The highest BCUT2D eigenvalue weighted by Gasteiger charge is 2.06. The molecule has 1 nitrogen and oxygen atoms in total. The summed E-state index contributed by atoms with van der Waals surface area (Å²) in [6.45, 7) is 0.786. The molecule has 0 radical (unpaired) electrons. The smallest absolute Gasteiger partial charge is 0.123 e. The van der Waals surface area contributed by atoms with E-state index in [9.17, 15) is 4.39 Å². The molecule has 0 fully saturated rings. The van der Waals surface area contributed by atoms with E-state index in [0.717, 1.165) is 23.2 Å². The molecule has 20 heavy (non-hydrogen) atoms. The van der Waals surface area contributed by atoms with Crippen molar-refractivity contribution < 1.29 is 4.39 Å². The van der Waals surface area contributed by atoms with Crippen molar-refractivity contribution in [3.8, 4) is 0 Å². The Hall–Kier alpha value is -1.64. The summed E-state index contributed by atoms with van der Waals surface area (Å²) in [6.07, 6.45) is 2.10. The number of halogens is 2. The van der Waals surface area contributed by atoms with E-state index in [2.05, 4.69) is 11.0 Å². The first-order valence-electron chi connectivity index (χ1n) is 6.43. The van der Waals surface area contributed by atoms with Gasteiger partial charge in [-0.1, -0.05) is 41.9 Å². The maximum Gasteiger partial charge on any atom is 0.123 e. The molecular weight excluding hydrogens is 273 g/mol. The van der Waals surface area contributed by atoms with Crippen molar-refractivity contribution >= 4 is 17.2 Å². The fourth-order valence-electron chi connectivity index (χ4n) is 1.96. The Morgan fingerprint density at radius 3 is 2.40 bits per heavy atom. The largest absolute Gasteiger partial charge is 0.306 e. The fourth-order valence-corrected chi connectivity index (χ4v) is 2.09. The Morgan fingerprint density at radius 2 is 1.80 bits per heavy atom. The molecule has 2 aromatic rings. The van der Waals surface area contributed by atoms with Gasteiger partial charge in [-0.05, 0) is 55.1 Å². The van der Waals surface area contributed by atoms with Crippen LogP contribution in [0.15, 0.2) is 54.6 Å². The Kier molecular flexibility index (Phi) is 4.94. The van der Waals surface area contributed by atoms with Gasteiger partial charge < -0.3 is 4.90 Å². The molecule has 0 heterocycles. The second-order valence-electron chi connectivity index (χ2n) is 4.90. The predicted molar refractivity (Wildman–Crippen MR) is 83.5 cm³/mol. The van der Waals surface area contributed by atoms with Gasteiger partial charge in [0.25, 0.3) is 0 Å². The highest BCUT2D eigenvalue weighted by molar-refractivity contribution is 6.30. The molecule has 0 aromatic heterocycles. The van der Waals surface area contributed by atoms with Gasteiger partial charge in [0.2, 0.25) is 0 Å². The molecule has 2 aromatic carbocycles. The third-order valence-electron chi connectivity index (χ3n) is 2.95. The average molecular weight is 290 g/mol. The van der Waals surface area contributed by atoms with Gasteiger partial charge in [-0.3, -0.25) is 0 Å². The fraction of sp³-hybridized carbons (Fsp3) is 0.176. The molecule has 0 N–H and O–H groups in total. The first kappa shape index (κ1) is 14.8. The highest BCUT2D eigenvalue weighted by atomic mass is 35.5. The molecule has 0 bridgehead atoms. The number of hydrogen-bond acceptors (Lipinski definition) is 1. The van der Waals surface area contributed by atoms with Gasteiger partial charge in [0, 0.05) is 11.6 Å². The molecule has 0 aliphatic carbocycles. The first-order valence-corrected chi connectivity index (χ1v) is 6.81. The zero-order valence-electron chi connectivity index (χ0n) is 11.6. The molecule has 0 saturated carbocycles. The topological polar surface area (TPSA) is 3.24 Å². The predicted octanol–water partition coefficient (Wildman–Crippen LogP) is 4.47. The van der Waals surface area contributed by atoms with Crippen molar-refractivity contribution in [3.63, 3.8) is 0 Å². The first-order chi connectivity index (χ1) is 9.56. The summed E-state index contributed by atoms with van der Waals surface area (Å²) in [4.78, 5) is 2.06. The molecular formula is C17H17ClFN. The molecule has 0 amide bonds. The van der Waals surface area contributed by atoms with Crippen molar-refractivity contribution in [1.82, 2.24) is 4.90 Å². The van der Waals surface area contributed by atoms with Crippen LogP contribution in [-0.4, -0.2) is 25.5 Å². The summed E-state index contributed by atoms with van der Waals surface area (Å²) in [7, 11) is 4.00. The van der Waals surface area contributed by atoms with Crippen LogP contribution >= 0.6 is 11.6 Å². The van der Waals surface area contributed by atoms with Crippen LogP contribution in [0, 0.1) is 5.82 Å². The SMILES string of the molecule is CN(C)CC=C(c1ccc(Cl)cc1)c1cccc(F)c1. The van der Waals surface area contributed by atoms with Crippen molar-refractivity contribution in [2.45, 2.75) is 0 Å². The lowest BCUT2D eigenvalue weighted by Gasteiger charge is -2.12. The second-order valence-corrected chi connectivity index (χ2v) is 5.33. The number of likely N-dealkylation sites (N-methyl/N-ethyl adjacent to an activating group) is 1. The van der Waals surface area contributed by atoms with Gasteiger partial charge in [0.05, 0.1) is 0 Å². The van der Waals surface area contributed by atoms with Crippen LogP contribution in [-0.2, 0) is 0 Å². The van der Waals surface area contributed by atoms with Crippen LogP contribution in [0.1, 0.15) is 11.1 Å². The van der Waals surface area contributed by atoms with Gasteiger partial charge in [0.15, 0.2) is 0 Å². The van der Waals surface area contributed by atoms with E-state index in [4.69, 9.17) is 11.6 Å². The van der Waals surface area contributed by atoms with Crippen molar-refractivity contribution in [2.75, 3.05) is 20.6 Å². The minimum atomic E-state index is -0.229. The number of hydrogen-bond donors (Lipinski definition) is 0. The van der Waals surface area contributed by atoms with Crippen molar-refractivity contribution in [3.05, 3.63) is 76.6 Å². The Labute approximate surface area is 124 Å². The molecule has 0 atom stereocenters. The molecule has 0 spiro atoms. The van der Waals surface area contributed by atoms with E-state index in [1.807, 2.05) is 44.4 Å². The van der Waals surface area contributed by atoms with Crippen LogP contribution in [0.25, 0.3) is 5.57 Å². The summed E-state index contributed by atoms with van der Waals surface area (Å²) in [5.41, 5.74) is 2.91. The van der Waals surface area contributed by atoms with Crippen LogP contribution < -0.4 is 0 Å². The van der Waals surface area contributed by atoms with E-state index >= 15 is 0 Å². The molecule has 0 saturated heterocycles. The van der Waals surface area contributed by atoms with Gasteiger partial charge >= 0.3 is 0 Å². The summed E-state index contributed by atoms with van der Waals surface area (Å²) in [6, 6.07) is 14.2. The van der Waals surface area contributed by atoms with Gasteiger partial charge in [-0.15, -0.1) is 0 Å². The third kappa shape index (κ3) is 3.92. The quantitative estimate of drug-likeness (QED) is 0.802. The van der Waals surface area contributed by atoms with E-state index in [1.165, 1.54) is 6.07 Å². The molecule has 3 heteroatoms. The van der Waals surface area contributed by atoms with E-state index in [0.29, 0.717) is 5.02 Å². The average Bonchev–Trinajstić information content (AvgIpc) is 2.41. The van der Waals surface area contributed by atoms with E-state index in [1.54, 1.807) is 12.1 Å². The maximum absolute atomic E-state index is 13.4. The standard InChI is InChI=1S/C17H17ClFN/c1-20(2)11-10-17(13-6-8-15(18)9-7-13)14-4-3-5-16(19)12-14/h3-10,12H,11H2,1-2H3. The number of nitrogens with zero attached hydrogens (tertiary/aromatic N) is 1. The Balaban J connectivity index is 2.44. The van der Waals surface area contributed by atoms with Gasteiger partial charge in [-0.2, -0.15) is 0 Å². The van der Waals surface area contributed by atoms with Crippen LogP contribution in [0.4, 0.5) is 4.39 Å². The summed E-state index contributed by atoms with van der Waals surface area (Å²) >= 11 is 5.93. The summed E-state index contributed by atoms with van der Waals surface area (Å²) < 4.78 is 13.4. The summed E-state index contributed by atoms with van der Waals surface area (Å²) in [5, 5.41) is 0.694. The van der Waals surface area contributed by atoms with Crippen molar-refractivity contribution in [1.29, 1.82) is 0 Å². The normalized spacial score (nSPS) is 11.9. The Morgan fingerprint density at radius 1 is 1.10 bits per heavy atom. The zero-order chi connectivity index (χ0) is 14.5. The minimum Gasteiger partial charge on any atom is -0.306 e. The molecule has 2 rings (SSSR count). The molecule has 104 valence electrons. The van der Waals surface area contributed by atoms with Crippen LogP contribution in [0.5, 0.6) is 0 Å². The third-order valence-corrected chi connectivity index (χ3v) is 3.20. The number of rotatable bonds is 4. The van der Waals surface area contributed by atoms with E-state index < -0.39 is 0 Å². The Bertz CT molecular complexity index is 603. The lowest BCUT2D eigenvalue weighted by Crippen LogP contribution is -2.11. The molecule has 0 unspecified atom stereocenters. The second kappa shape index (κ2) is 6.69. The monoisotopic (exact) mass is 289 g/mol.